The van der Waals surface area contributed by atoms with Crippen molar-refractivity contribution in [2.75, 3.05) is 10.8 Å². The van der Waals surface area contributed by atoms with Gasteiger partial charge in [-0.3, -0.25) is 9.10 Å². The van der Waals surface area contributed by atoms with Gasteiger partial charge in [-0.2, -0.15) is 5.10 Å². The summed E-state index contributed by atoms with van der Waals surface area (Å²) < 4.78 is 41.2. The number of hydrogen-bond acceptors (Lipinski definition) is 4. The lowest BCUT2D eigenvalue weighted by Gasteiger charge is -2.23. The molecular weight excluding hydrogens is 441 g/mol. The average Bonchev–Trinajstić information content (AvgIpc) is 2.75. The molecule has 0 atom stereocenters. The predicted octanol–water partition coefficient (Wildman–Crippen LogP) is 4.13. The molecule has 0 aliphatic carbocycles. The number of hydrogen-bond donors (Lipinski definition) is 1. The molecule has 0 bridgehead atoms. The van der Waals surface area contributed by atoms with E-state index in [1.54, 1.807) is 42.5 Å². The van der Waals surface area contributed by atoms with Gasteiger partial charge in [0.15, 0.2) is 0 Å². The molecule has 0 aromatic heterocycles. The van der Waals surface area contributed by atoms with Crippen molar-refractivity contribution >= 4 is 39.4 Å². The number of anilines is 1. The minimum absolute atomic E-state index is 0.0108. The first-order valence-corrected chi connectivity index (χ1v) is 11.0. The van der Waals surface area contributed by atoms with E-state index < -0.39 is 28.3 Å². The first-order chi connectivity index (χ1) is 14.8. The number of nitrogens with one attached hydrogen (secondary N) is 1. The molecular formula is C22H19ClFN3O3S. The Morgan fingerprint density at radius 3 is 2.39 bits per heavy atom. The van der Waals surface area contributed by atoms with Crippen LogP contribution in [0.15, 0.2) is 82.8 Å². The summed E-state index contributed by atoms with van der Waals surface area (Å²) in [5.74, 6) is -1.30. The maximum atomic E-state index is 13.8. The second-order valence-electron chi connectivity index (χ2n) is 6.59. The monoisotopic (exact) mass is 459 g/mol. The van der Waals surface area contributed by atoms with Crippen LogP contribution in [0.1, 0.15) is 11.1 Å². The third kappa shape index (κ3) is 5.48. The van der Waals surface area contributed by atoms with Crippen molar-refractivity contribution in [3.8, 4) is 0 Å². The Morgan fingerprint density at radius 1 is 1.06 bits per heavy atom. The van der Waals surface area contributed by atoms with Crippen LogP contribution in [0.5, 0.6) is 0 Å². The third-order valence-corrected chi connectivity index (χ3v) is 6.44. The smallest absolute Gasteiger partial charge is 0.264 e. The quantitative estimate of drug-likeness (QED) is 0.426. The van der Waals surface area contributed by atoms with Gasteiger partial charge in [0.05, 0.1) is 21.8 Å². The Labute approximate surface area is 185 Å². The lowest BCUT2D eigenvalue weighted by molar-refractivity contribution is -0.119. The van der Waals surface area contributed by atoms with E-state index >= 15 is 0 Å². The van der Waals surface area contributed by atoms with Gasteiger partial charge in [-0.15, -0.1) is 0 Å². The van der Waals surface area contributed by atoms with Crippen LogP contribution < -0.4 is 9.73 Å². The van der Waals surface area contributed by atoms with Gasteiger partial charge >= 0.3 is 0 Å². The van der Waals surface area contributed by atoms with Crippen molar-refractivity contribution in [3.05, 3.63) is 94.8 Å². The van der Waals surface area contributed by atoms with Crippen LogP contribution in [-0.4, -0.2) is 27.1 Å². The zero-order chi connectivity index (χ0) is 22.4. The standard InChI is InChI=1S/C22H19ClFN3O3S/c1-16-10-12-18(13-11-16)31(29,30)27(17-6-3-2-4-7-17)15-22(28)26-25-14-19-20(23)8-5-9-21(19)24/h2-14H,15H2,1H3,(H,26,28)/b25-14-. The summed E-state index contributed by atoms with van der Waals surface area (Å²) in [4.78, 5) is 12.5. The lowest BCUT2D eigenvalue weighted by Crippen LogP contribution is -2.39. The van der Waals surface area contributed by atoms with Gasteiger partial charge in [-0.25, -0.2) is 18.2 Å². The Morgan fingerprint density at radius 2 is 1.74 bits per heavy atom. The molecule has 1 amide bonds. The van der Waals surface area contributed by atoms with Gasteiger partial charge < -0.3 is 0 Å². The predicted molar refractivity (Wildman–Crippen MR) is 119 cm³/mol. The fraction of sp³-hybridized carbons (Fsp3) is 0.0909. The van der Waals surface area contributed by atoms with Crippen molar-refractivity contribution in [1.82, 2.24) is 5.43 Å². The van der Waals surface area contributed by atoms with E-state index in [1.165, 1.54) is 30.3 Å². The molecule has 0 heterocycles. The Hall–Kier alpha value is -3.23. The zero-order valence-electron chi connectivity index (χ0n) is 16.5. The van der Waals surface area contributed by atoms with E-state index in [-0.39, 0.29) is 15.5 Å². The maximum Gasteiger partial charge on any atom is 0.264 e. The highest BCUT2D eigenvalue weighted by molar-refractivity contribution is 7.92. The Kier molecular flexibility index (Phi) is 7.04. The number of carbonyl (C=O) groups excluding carboxylic acids is 1. The number of nitrogens with zero attached hydrogens (tertiary/aromatic N) is 2. The number of aryl methyl sites for hydroxylation is 1. The number of benzene rings is 3. The number of hydrazone groups is 1. The highest BCUT2D eigenvalue weighted by atomic mass is 35.5. The fourth-order valence-electron chi connectivity index (χ4n) is 2.72. The second-order valence-corrected chi connectivity index (χ2v) is 8.86. The first-order valence-electron chi connectivity index (χ1n) is 9.19. The van der Waals surface area contributed by atoms with E-state index in [4.69, 9.17) is 11.6 Å². The highest BCUT2D eigenvalue weighted by Crippen LogP contribution is 2.23. The molecule has 160 valence electrons. The maximum absolute atomic E-state index is 13.8. The molecule has 0 saturated heterocycles. The summed E-state index contributed by atoms with van der Waals surface area (Å²) >= 11 is 5.92. The number of sulfonamides is 1. The molecule has 31 heavy (non-hydrogen) atoms. The largest absolute Gasteiger partial charge is 0.271 e. The van der Waals surface area contributed by atoms with E-state index in [1.807, 2.05) is 6.92 Å². The zero-order valence-corrected chi connectivity index (χ0v) is 18.1. The van der Waals surface area contributed by atoms with Gasteiger partial charge in [-0.05, 0) is 43.3 Å². The molecule has 3 rings (SSSR count). The SMILES string of the molecule is Cc1ccc(S(=O)(=O)N(CC(=O)N/N=C\c2c(F)cccc2Cl)c2ccccc2)cc1. The van der Waals surface area contributed by atoms with Crippen molar-refractivity contribution in [3.63, 3.8) is 0 Å². The van der Waals surface area contributed by atoms with Crippen molar-refractivity contribution in [1.29, 1.82) is 0 Å². The van der Waals surface area contributed by atoms with Gasteiger partial charge in [0, 0.05) is 5.56 Å². The number of halogens is 2. The average molecular weight is 460 g/mol. The van der Waals surface area contributed by atoms with Gasteiger partial charge in [0.1, 0.15) is 12.4 Å². The Bertz CT molecular complexity index is 1180. The van der Waals surface area contributed by atoms with Gasteiger partial charge in [0.2, 0.25) is 0 Å². The molecule has 0 aliphatic rings. The van der Waals surface area contributed by atoms with E-state index in [0.717, 1.165) is 16.1 Å². The highest BCUT2D eigenvalue weighted by Gasteiger charge is 2.27. The van der Waals surface area contributed by atoms with Gasteiger partial charge in [0.25, 0.3) is 15.9 Å². The topological polar surface area (TPSA) is 78.8 Å². The molecule has 3 aromatic carbocycles. The molecule has 6 nitrogen and oxygen atoms in total. The molecule has 9 heteroatoms. The van der Waals surface area contributed by atoms with Crippen LogP contribution in [0.4, 0.5) is 10.1 Å². The molecule has 0 unspecified atom stereocenters. The van der Waals surface area contributed by atoms with E-state index in [0.29, 0.717) is 5.69 Å². The summed E-state index contributed by atoms with van der Waals surface area (Å²) in [5.41, 5.74) is 3.45. The summed E-state index contributed by atoms with van der Waals surface area (Å²) in [6.45, 7) is 1.32. The summed E-state index contributed by atoms with van der Waals surface area (Å²) in [6.07, 6.45) is 1.07. The molecule has 0 fully saturated rings. The fourth-order valence-corrected chi connectivity index (χ4v) is 4.35. The summed E-state index contributed by atoms with van der Waals surface area (Å²) in [5, 5.41) is 3.84. The minimum atomic E-state index is -4.02. The van der Waals surface area contributed by atoms with Crippen LogP contribution in [0.2, 0.25) is 5.02 Å². The number of carbonyl (C=O) groups is 1. The summed E-state index contributed by atoms with van der Waals surface area (Å²) in [6, 6.07) is 18.7. The number of amides is 1. The van der Waals surface area contributed by atoms with Crippen molar-refractivity contribution in [2.24, 2.45) is 5.10 Å². The summed E-state index contributed by atoms with van der Waals surface area (Å²) in [7, 11) is -4.02. The Balaban J connectivity index is 1.83. The molecule has 0 saturated carbocycles. The van der Waals surface area contributed by atoms with Crippen LogP contribution in [0, 0.1) is 12.7 Å². The number of rotatable bonds is 7. The first kappa shape index (κ1) is 22.5. The second kappa shape index (κ2) is 9.72. The minimum Gasteiger partial charge on any atom is -0.271 e. The van der Waals surface area contributed by atoms with E-state index in [2.05, 4.69) is 10.5 Å². The molecule has 0 spiro atoms. The van der Waals surface area contributed by atoms with Gasteiger partial charge in [-0.1, -0.05) is 53.6 Å². The molecule has 0 aliphatic heterocycles. The van der Waals surface area contributed by atoms with Crippen molar-refractivity contribution < 1.29 is 17.6 Å². The van der Waals surface area contributed by atoms with E-state index in [9.17, 15) is 17.6 Å². The van der Waals surface area contributed by atoms with Crippen molar-refractivity contribution in [2.45, 2.75) is 11.8 Å². The van der Waals surface area contributed by atoms with Crippen LogP contribution in [0.25, 0.3) is 0 Å². The third-order valence-electron chi connectivity index (χ3n) is 4.32. The number of para-hydroxylation sites is 1. The normalized spacial score (nSPS) is 11.5. The lowest BCUT2D eigenvalue weighted by atomic mass is 10.2. The molecule has 1 N–H and O–H groups in total. The van der Waals surface area contributed by atoms with Crippen LogP contribution in [-0.2, 0) is 14.8 Å². The molecule has 3 aromatic rings. The van der Waals surface area contributed by atoms with Crippen LogP contribution in [0.3, 0.4) is 0 Å². The van der Waals surface area contributed by atoms with Crippen LogP contribution >= 0.6 is 11.6 Å². The molecule has 0 radical (unpaired) electrons.